The highest BCUT2D eigenvalue weighted by Crippen LogP contribution is 2.27. The smallest absolute Gasteiger partial charge is 0.335 e. The molecule has 0 spiro atoms. The van der Waals surface area contributed by atoms with Crippen LogP contribution in [-0.4, -0.2) is 31.6 Å². The van der Waals surface area contributed by atoms with Gasteiger partial charge in [0.05, 0.1) is 12.7 Å². The Balaban J connectivity index is 2.80. The van der Waals surface area contributed by atoms with E-state index >= 15 is 0 Å². The van der Waals surface area contributed by atoms with E-state index in [2.05, 4.69) is 0 Å². The maximum Gasteiger partial charge on any atom is 0.335 e. The van der Waals surface area contributed by atoms with Crippen LogP contribution < -0.4 is 9.47 Å². The first-order valence-corrected chi connectivity index (χ1v) is 4.81. The van der Waals surface area contributed by atoms with E-state index in [0.717, 1.165) is 0 Å². The lowest BCUT2D eigenvalue weighted by atomic mass is 10.2. The molecule has 1 aromatic rings. The molecule has 0 saturated heterocycles. The van der Waals surface area contributed by atoms with Crippen LogP contribution in [0.2, 0.25) is 0 Å². The first-order valence-electron chi connectivity index (χ1n) is 4.81. The molecule has 0 heterocycles. The second-order valence-electron chi connectivity index (χ2n) is 2.93. The van der Waals surface area contributed by atoms with Gasteiger partial charge in [-0.2, -0.15) is 0 Å². The lowest BCUT2D eigenvalue weighted by molar-refractivity contribution is 0.0209. The normalized spacial score (nSPS) is 9.88. The zero-order valence-corrected chi connectivity index (χ0v) is 9.23. The predicted octanol–water partition coefficient (Wildman–Crippen LogP) is 1.77. The van der Waals surface area contributed by atoms with Crippen molar-refractivity contribution < 1.29 is 24.1 Å². The van der Waals surface area contributed by atoms with Gasteiger partial charge in [-0.1, -0.05) is 0 Å². The average Bonchev–Trinajstić information content (AvgIpc) is 2.29. The summed E-state index contributed by atoms with van der Waals surface area (Å²) in [7, 11) is 1.45. The van der Waals surface area contributed by atoms with Gasteiger partial charge in [0.25, 0.3) is 0 Å². The Labute approximate surface area is 93.6 Å². The second kappa shape index (κ2) is 5.97. The molecule has 0 aliphatic carbocycles. The van der Waals surface area contributed by atoms with Crippen molar-refractivity contribution in [3.05, 3.63) is 23.8 Å². The number of carboxylic acids is 1. The fourth-order valence-corrected chi connectivity index (χ4v) is 1.11. The molecule has 0 fully saturated rings. The Morgan fingerprint density at radius 1 is 1.38 bits per heavy atom. The topological polar surface area (TPSA) is 65.0 Å². The molecule has 0 aromatic heterocycles. The molecule has 0 radical (unpaired) electrons. The number of methoxy groups -OCH3 is 1. The molecular formula is C11H14O5. The molecule has 88 valence electrons. The van der Waals surface area contributed by atoms with Gasteiger partial charge in [0.15, 0.2) is 18.3 Å². The van der Waals surface area contributed by atoms with Crippen LogP contribution in [0, 0.1) is 0 Å². The van der Waals surface area contributed by atoms with Gasteiger partial charge >= 0.3 is 5.97 Å². The molecule has 0 unspecified atom stereocenters. The highest BCUT2D eigenvalue weighted by Gasteiger charge is 2.09. The summed E-state index contributed by atoms with van der Waals surface area (Å²) < 4.78 is 15.3. The van der Waals surface area contributed by atoms with Crippen molar-refractivity contribution in [1.82, 2.24) is 0 Å². The molecule has 0 atom stereocenters. The first kappa shape index (κ1) is 12.3. The summed E-state index contributed by atoms with van der Waals surface area (Å²) in [6.07, 6.45) is 0. The molecule has 1 aromatic carbocycles. The number of carboxylic acid groups (broad SMARTS) is 1. The van der Waals surface area contributed by atoms with E-state index in [0.29, 0.717) is 18.1 Å². The lowest BCUT2D eigenvalue weighted by Gasteiger charge is -2.10. The van der Waals surface area contributed by atoms with Crippen LogP contribution in [0.3, 0.4) is 0 Å². The number of hydrogen-bond acceptors (Lipinski definition) is 4. The Hall–Kier alpha value is -1.75. The number of carbonyl (C=O) groups is 1. The van der Waals surface area contributed by atoms with Crippen molar-refractivity contribution >= 4 is 5.97 Å². The van der Waals surface area contributed by atoms with E-state index < -0.39 is 5.97 Å². The SMILES string of the molecule is CCOCOc1ccc(C(=O)O)cc1OC. The molecule has 1 N–H and O–H groups in total. The zero-order chi connectivity index (χ0) is 12.0. The minimum atomic E-state index is -1.00. The third kappa shape index (κ3) is 3.13. The van der Waals surface area contributed by atoms with E-state index in [1.54, 1.807) is 6.07 Å². The third-order valence-electron chi connectivity index (χ3n) is 1.91. The quantitative estimate of drug-likeness (QED) is 0.591. The van der Waals surface area contributed by atoms with E-state index in [1.807, 2.05) is 6.92 Å². The summed E-state index contributed by atoms with van der Waals surface area (Å²) in [5.74, 6) is -0.171. The van der Waals surface area contributed by atoms with Crippen LogP contribution in [0.4, 0.5) is 0 Å². The number of benzene rings is 1. The molecule has 16 heavy (non-hydrogen) atoms. The van der Waals surface area contributed by atoms with Crippen molar-refractivity contribution in [2.75, 3.05) is 20.5 Å². The standard InChI is InChI=1S/C11H14O5/c1-3-15-7-16-9-5-4-8(11(12)13)6-10(9)14-2/h4-6H,3,7H2,1-2H3,(H,12,13). The summed E-state index contributed by atoms with van der Waals surface area (Å²) >= 11 is 0. The van der Waals surface area contributed by atoms with Crippen LogP contribution in [0.5, 0.6) is 11.5 Å². The minimum absolute atomic E-state index is 0.110. The van der Waals surface area contributed by atoms with Gasteiger partial charge in [-0.15, -0.1) is 0 Å². The van der Waals surface area contributed by atoms with Crippen LogP contribution >= 0.6 is 0 Å². The number of ether oxygens (including phenoxy) is 3. The van der Waals surface area contributed by atoms with Crippen LogP contribution in [0.1, 0.15) is 17.3 Å². The Kier molecular flexibility index (Phi) is 4.60. The summed E-state index contributed by atoms with van der Waals surface area (Å²) in [5.41, 5.74) is 0.153. The Morgan fingerprint density at radius 2 is 2.12 bits per heavy atom. The van der Waals surface area contributed by atoms with Crippen molar-refractivity contribution in [3.8, 4) is 11.5 Å². The van der Waals surface area contributed by atoms with Gasteiger partial charge in [-0.05, 0) is 25.1 Å². The number of rotatable bonds is 6. The molecule has 0 aliphatic rings. The number of hydrogen-bond donors (Lipinski definition) is 1. The van der Waals surface area contributed by atoms with Crippen molar-refractivity contribution in [2.24, 2.45) is 0 Å². The van der Waals surface area contributed by atoms with Crippen LogP contribution in [0.25, 0.3) is 0 Å². The fourth-order valence-electron chi connectivity index (χ4n) is 1.11. The summed E-state index contributed by atoms with van der Waals surface area (Å²) in [6.45, 7) is 2.52. The maximum atomic E-state index is 10.7. The van der Waals surface area contributed by atoms with Crippen molar-refractivity contribution in [3.63, 3.8) is 0 Å². The molecule has 0 aliphatic heterocycles. The van der Waals surface area contributed by atoms with Gasteiger partial charge in [0, 0.05) is 6.61 Å². The van der Waals surface area contributed by atoms with Crippen molar-refractivity contribution in [1.29, 1.82) is 0 Å². The summed E-state index contributed by atoms with van der Waals surface area (Å²) in [5, 5.41) is 8.79. The highest BCUT2D eigenvalue weighted by molar-refractivity contribution is 5.88. The Bertz CT molecular complexity index is 361. The predicted molar refractivity (Wildman–Crippen MR) is 57.1 cm³/mol. The summed E-state index contributed by atoms with van der Waals surface area (Å²) in [4.78, 5) is 10.7. The van der Waals surface area contributed by atoms with E-state index in [4.69, 9.17) is 19.3 Å². The molecular weight excluding hydrogens is 212 g/mol. The van der Waals surface area contributed by atoms with E-state index in [9.17, 15) is 4.79 Å². The van der Waals surface area contributed by atoms with Gasteiger partial charge in [0.2, 0.25) is 0 Å². The second-order valence-corrected chi connectivity index (χ2v) is 2.93. The van der Waals surface area contributed by atoms with Gasteiger partial charge in [-0.3, -0.25) is 0 Å². The average molecular weight is 226 g/mol. The van der Waals surface area contributed by atoms with Crippen molar-refractivity contribution in [2.45, 2.75) is 6.92 Å². The van der Waals surface area contributed by atoms with E-state index in [-0.39, 0.29) is 12.4 Å². The van der Waals surface area contributed by atoms with Crippen LogP contribution in [-0.2, 0) is 4.74 Å². The molecule has 0 amide bonds. The molecule has 0 bridgehead atoms. The Morgan fingerprint density at radius 3 is 2.69 bits per heavy atom. The largest absolute Gasteiger partial charge is 0.493 e. The zero-order valence-electron chi connectivity index (χ0n) is 9.23. The molecule has 1 rings (SSSR count). The lowest BCUT2D eigenvalue weighted by Crippen LogP contribution is -2.04. The molecule has 0 saturated carbocycles. The molecule has 5 heteroatoms. The van der Waals surface area contributed by atoms with Crippen LogP contribution in [0.15, 0.2) is 18.2 Å². The highest BCUT2D eigenvalue weighted by atomic mass is 16.7. The van der Waals surface area contributed by atoms with Gasteiger partial charge in [-0.25, -0.2) is 4.79 Å². The van der Waals surface area contributed by atoms with E-state index in [1.165, 1.54) is 19.2 Å². The monoisotopic (exact) mass is 226 g/mol. The summed E-state index contributed by atoms with van der Waals surface area (Å²) in [6, 6.07) is 4.40. The minimum Gasteiger partial charge on any atom is -0.493 e. The third-order valence-corrected chi connectivity index (χ3v) is 1.91. The van der Waals surface area contributed by atoms with Gasteiger partial charge in [0.1, 0.15) is 0 Å². The number of aromatic carboxylic acids is 1. The fraction of sp³-hybridized carbons (Fsp3) is 0.364. The first-order chi connectivity index (χ1) is 7.69. The van der Waals surface area contributed by atoms with Gasteiger partial charge < -0.3 is 19.3 Å². The maximum absolute atomic E-state index is 10.7. The molecule has 5 nitrogen and oxygen atoms in total.